The number of β-lactam (4-membered cyclic amide) rings is 1. The Morgan fingerprint density at radius 2 is 1.91 bits per heavy atom. The van der Waals surface area contributed by atoms with E-state index < -0.39 is 68.8 Å². The van der Waals surface area contributed by atoms with E-state index in [1.165, 1.54) is 16.8 Å². The lowest BCUT2D eigenvalue weighted by atomic mass is 10.1. The van der Waals surface area contributed by atoms with Gasteiger partial charge in [-0.15, -0.1) is 16.9 Å². The van der Waals surface area contributed by atoms with Crippen molar-refractivity contribution in [1.82, 2.24) is 30.4 Å². The molecule has 2 aliphatic rings. The lowest BCUT2D eigenvalue weighted by molar-refractivity contribution is -0.142. The van der Waals surface area contributed by atoms with Gasteiger partial charge < -0.3 is 30.7 Å². The van der Waals surface area contributed by atoms with Gasteiger partial charge in [-0.3, -0.25) is 29.2 Å². The number of hydrogen-bond acceptors (Lipinski definition) is 15. The summed E-state index contributed by atoms with van der Waals surface area (Å²) >= 11 is 2.04. The Bertz CT molecular complexity index is 1650. The summed E-state index contributed by atoms with van der Waals surface area (Å²) in [6, 6.07) is 3.20. The minimum Gasteiger partial charge on any atom is -0.480 e. The number of amides is 3. The normalized spacial score (nSPS) is 19.1. The van der Waals surface area contributed by atoms with Gasteiger partial charge in [0, 0.05) is 24.1 Å². The number of aromatic nitrogens is 4. The van der Waals surface area contributed by atoms with Crippen molar-refractivity contribution >= 4 is 69.4 Å². The number of ether oxygens (including phenoxy) is 2. The van der Waals surface area contributed by atoms with Crippen LogP contribution in [0.5, 0.6) is 0 Å². The molecule has 7 N–H and O–H groups in total. The first kappa shape index (κ1) is 33.4. The number of nitrogens with one attached hydrogen (secondary N) is 2. The zero-order valence-electron chi connectivity index (χ0n) is 22.8. The molecule has 1 aromatic carbocycles. The minimum absolute atomic E-state index is 0.0159. The van der Waals surface area contributed by atoms with Crippen LogP contribution in [0.1, 0.15) is 17.2 Å². The van der Waals surface area contributed by atoms with Crippen LogP contribution in [0, 0.1) is 0 Å². The summed E-state index contributed by atoms with van der Waals surface area (Å²) in [5, 5.41) is 30.3. The van der Waals surface area contributed by atoms with Gasteiger partial charge in [0.05, 0.1) is 11.8 Å². The number of benzene rings is 1. The molecule has 3 heterocycles. The topological polar surface area (TPSA) is 296 Å². The Labute approximate surface area is 261 Å². The molecule has 1 fully saturated rings. The van der Waals surface area contributed by atoms with Crippen LogP contribution in [0.2, 0.25) is 0 Å². The van der Waals surface area contributed by atoms with E-state index in [-0.39, 0.29) is 34.9 Å². The van der Waals surface area contributed by atoms with Crippen molar-refractivity contribution in [2.75, 3.05) is 17.7 Å². The Morgan fingerprint density at radius 1 is 1.22 bits per heavy atom. The maximum atomic E-state index is 13.4. The highest BCUT2D eigenvalue weighted by Crippen LogP contribution is 2.45. The third-order valence-corrected chi connectivity index (χ3v) is 9.62. The van der Waals surface area contributed by atoms with Crippen LogP contribution in [0.25, 0.3) is 0 Å². The smallest absolute Gasteiger partial charge is 0.480 e. The average molecular weight is 689 g/mol. The Balaban J connectivity index is 1.56. The van der Waals surface area contributed by atoms with Gasteiger partial charge in [0.25, 0.3) is 10.1 Å². The van der Waals surface area contributed by atoms with Crippen LogP contribution in [0.3, 0.4) is 0 Å². The fraction of sp³-hybridized carbons (Fsp3) is 0.364. The highest BCUT2D eigenvalue weighted by atomic mass is 32.2. The quantitative estimate of drug-likeness (QED) is 0.0711. The molecule has 0 saturated carbocycles. The van der Waals surface area contributed by atoms with Crippen molar-refractivity contribution in [1.29, 1.82) is 0 Å². The molecule has 0 bridgehead atoms. The zero-order valence-corrected chi connectivity index (χ0v) is 25.2. The number of carboxylic acid groups (broad SMARTS) is 2. The van der Waals surface area contributed by atoms with Crippen molar-refractivity contribution in [3.63, 3.8) is 0 Å². The van der Waals surface area contributed by atoms with Crippen LogP contribution in [0.4, 0.5) is 15.3 Å². The highest BCUT2D eigenvalue weighted by molar-refractivity contribution is 8.01. The molecule has 0 radical (unpaired) electrons. The van der Waals surface area contributed by atoms with Gasteiger partial charge in [-0.2, -0.15) is 8.42 Å². The molecule has 4 atom stereocenters. The number of rotatable bonds is 12. The van der Waals surface area contributed by atoms with E-state index >= 15 is 0 Å². The Kier molecular flexibility index (Phi) is 10.2. The minimum atomic E-state index is -5.10. The summed E-state index contributed by atoms with van der Waals surface area (Å²) in [7, 11) is -3.55. The first-order valence-corrected chi connectivity index (χ1v) is 15.8. The number of fused-ring (bicyclic) bond motifs is 1. The van der Waals surface area contributed by atoms with Crippen LogP contribution in [-0.4, -0.2) is 107 Å². The molecule has 45 heavy (non-hydrogen) atoms. The van der Waals surface area contributed by atoms with Crippen LogP contribution in [0.15, 0.2) is 40.9 Å². The Hall–Kier alpha value is -4.45. The lowest BCUT2D eigenvalue weighted by Crippen LogP contribution is -2.57. The molecule has 20 nitrogen and oxygen atoms in total. The molecule has 1 aromatic heterocycles. The second kappa shape index (κ2) is 13.7. The zero-order chi connectivity index (χ0) is 33.1. The SMILES string of the molecule is Cn1nnnc1SCC1=C(OC(=O)O)N2C(=O)C[C@@H]2SC1NC(=O)C(c1ccc(NC(=O)OC[C@@H](N)C(=O)O)cc1)S(=O)(=O)O. The van der Waals surface area contributed by atoms with E-state index in [0.717, 1.165) is 40.6 Å². The van der Waals surface area contributed by atoms with Crippen molar-refractivity contribution in [3.8, 4) is 0 Å². The van der Waals surface area contributed by atoms with Gasteiger partial charge >= 0.3 is 18.2 Å². The van der Waals surface area contributed by atoms with Gasteiger partial charge in [-0.05, 0) is 28.1 Å². The molecule has 23 heteroatoms. The molecule has 3 amide bonds. The van der Waals surface area contributed by atoms with E-state index in [9.17, 15) is 42.0 Å². The average Bonchev–Trinajstić information content (AvgIpc) is 3.35. The summed E-state index contributed by atoms with van der Waals surface area (Å²) < 4.78 is 45.8. The summed E-state index contributed by atoms with van der Waals surface area (Å²) in [5.41, 5.74) is 5.20. The number of carbonyl (C=O) groups excluding carboxylic acids is 3. The molecule has 0 spiro atoms. The summed E-state index contributed by atoms with van der Waals surface area (Å²) in [4.78, 5) is 61.1. The molecular weight excluding hydrogens is 664 g/mol. The van der Waals surface area contributed by atoms with E-state index in [2.05, 4.69) is 26.2 Å². The molecule has 242 valence electrons. The van der Waals surface area contributed by atoms with Crippen LogP contribution in [-0.2, 0) is 41.0 Å². The third kappa shape index (κ3) is 7.99. The molecule has 1 saturated heterocycles. The maximum absolute atomic E-state index is 13.4. The van der Waals surface area contributed by atoms with E-state index in [1.807, 2.05) is 0 Å². The molecule has 0 aliphatic carbocycles. The number of aliphatic carboxylic acids is 1. The number of aryl methyl sites for hydroxylation is 1. The number of nitrogens with two attached hydrogens (primary N) is 1. The van der Waals surface area contributed by atoms with Crippen LogP contribution >= 0.6 is 23.5 Å². The van der Waals surface area contributed by atoms with Gasteiger partial charge in [0.1, 0.15) is 18.0 Å². The van der Waals surface area contributed by atoms with Crippen LogP contribution < -0.4 is 16.4 Å². The Morgan fingerprint density at radius 3 is 2.47 bits per heavy atom. The van der Waals surface area contributed by atoms with Gasteiger partial charge in [0.2, 0.25) is 22.9 Å². The van der Waals surface area contributed by atoms with Crippen molar-refractivity contribution in [2.24, 2.45) is 12.8 Å². The number of carbonyl (C=O) groups is 5. The fourth-order valence-corrected chi connectivity index (χ4v) is 7.24. The number of carboxylic acids is 1. The van der Waals surface area contributed by atoms with E-state index in [1.54, 1.807) is 7.05 Å². The summed E-state index contributed by atoms with van der Waals surface area (Å²) in [6.45, 7) is -0.625. The second-order valence-electron chi connectivity index (χ2n) is 9.20. The predicted octanol–water partition coefficient (Wildman–Crippen LogP) is -0.455. The predicted molar refractivity (Wildman–Crippen MR) is 152 cm³/mol. The van der Waals surface area contributed by atoms with Crippen molar-refractivity contribution in [3.05, 3.63) is 41.3 Å². The van der Waals surface area contributed by atoms with Gasteiger partial charge in [-0.1, -0.05) is 23.9 Å². The number of hydrogen-bond donors (Lipinski definition) is 6. The first-order valence-electron chi connectivity index (χ1n) is 12.4. The number of nitrogens with zero attached hydrogens (tertiary/aromatic N) is 5. The number of tetrazole rings is 1. The lowest BCUT2D eigenvalue weighted by Gasteiger charge is -2.46. The van der Waals surface area contributed by atoms with E-state index in [0.29, 0.717) is 5.16 Å². The van der Waals surface area contributed by atoms with Crippen molar-refractivity contribution < 1.29 is 56.6 Å². The van der Waals surface area contributed by atoms with Crippen molar-refractivity contribution in [2.45, 2.75) is 33.6 Å². The molecule has 2 aromatic rings. The molecule has 2 aliphatic heterocycles. The second-order valence-corrected chi connectivity index (χ2v) is 12.9. The molecule has 4 rings (SSSR count). The van der Waals surface area contributed by atoms with E-state index in [4.69, 9.17) is 20.3 Å². The van der Waals surface area contributed by atoms with Gasteiger partial charge in [0.15, 0.2) is 5.25 Å². The summed E-state index contributed by atoms with van der Waals surface area (Å²) in [6.07, 6.45) is -2.81. The van der Waals surface area contributed by atoms with Gasteiger partial charge in [-0.25, -0.2) is 14.3 Å². The molecule has 2 unspecified atom stereocenters. The maximum Gasteiger partial charge on any atom is 0.512 e. The highest BCUT2D eigenvalue weighted by Gasteiger charge is 2.49. The number of thioether (sulfide) groups is 2. The fourth-order valence-electron chi connectivity index (χ4n) is 3.98. The number of anilines is 1. The third-order valence-electron chi connectivity index (χ3n) is 6.11. The standard InChI is InChI=1S/C22H24N8O12S3/c1-29-20(26-27-28-29)43-8-11-17(44-14-6-13(31)30(14)18(11)42-22(36)37)25-16(32)15(45(38,39)40)9-2-4-10(5-3-9)24-21(35)41-7-12(23)19(33)34/h2-5,12,14-15,17H,6-8,23H2,1H3,(H,24,35)(H,25,32)(H,33,34)(H,36,37)(H,38,39,40)/t12-,14+,15?,17?/m1/s1. The first-order chi connectivity index (χ1) is 21.1. The summed E-state index contributed by atoms with van der Waals surface area (Å²) in [5.74, 6) is -3.48. The monoisotopic (exact) mass is 688 g/mol. The molecular formula is C22H24N8O12S3. The largest absolute Gasteiger partial charge is 0.512 e.